The molecule has 1 rings (SSSR count). The predicted octanol–water partition coefficient (Wildman–Crippen LogP) is 1.63. The van der Waals surface area contributed by atoms with Crippen LogP contribution in [0.25, 0.3) is 6.08 Å². The van der Waals surface area contributed by atoms with Crippen LogP contribution in [0.3, 0.4) is 0 Å². The molecule has 0 bridgehead atoms. The molecule has 138 valence electrons. The van der Waals surface area contributed by atoms with E-state index in [1.165, 1.54) is 23.1 Å². The SMILES string of the molecule is CCOC(=O)CCN(CCOCCO)C(=O)/C=C/c1ccc(F)cc1. The lowest BCUT2D eigenvalue weighted by molar-refractivity contribution is -0.143. The third-order valence-corrected chi connectivity index (χ3v) is 3.23. The Labute approximate surface area is 146 Å². The van der Waals surface area contributed by atoms with Crippen LogP contribution in [0.4, 0.5) is 4.39 Å². The highest BCUT2D eigenvalue weighted by atomic mass is 19.1. The second kappa shape index (κ2) is 12.2. The highest BCUT2D eigenvalue weighted by Crippen LogP contribution is 2.06. The minimum absolute atomic E-state index is 0.0873. The predicted molar refractivity (Wildman–Crippen MR) is 91.2 cm³/mol. The number of amides is 1. The van der Waals surface area contributed by atoms with E-state index in [2.05, 4.69) is 0 Å². The van der Waals surface area contributed by atoms with Crippen LogP contribution in [-0.4, -0.2) is 61.4 Å². The molecule has 0 atom stereocenters. The second-order valence-electron chi connectivity index (χ2n) is 5.10. The zero-order valence-corrected chi connectivity index (χ0v) is 14.3. The number of nitrogens with zero attached hydrogens (tertiary/aromatic N) is 1. The number of hydrogen-bond acceptors (Lipinski definition) is 5. The van der Waals surface area contributed by atoms with Crippen molar-refractivity contribution in [2.45, 2.75) is 13.3 Å². The van der Waals surface area contributed by atoms with Crippen LogP contribution in [0.15, 0.2) is 30.3 Å². The fourth-order valence-corrected chi connectivity index (χ4v) is 1.98. The van der Waals surface area contributed by atoms with E-state index in [1.807, 2.05) is 0 Å². The number of halogens is 1. The van der Waals surface area contributed by atoms with Gasteiger partial charge in [-0.15, -0.1) is 0 Å². The number of hydrogen-bond donors (Lipinski definition) is 1. The molecule has 7 heteroatoms. The summed E-state index contributed by atoms with van der Waals surface area (Å²) in [4.78, 5) is 25.3. The van der Waals surface area contributed by atoms with Gasteiger partial charge in [-0.2, -0.15) is 0 Å². The Morgan fingerprint density at radius 1 is 1.20 bits per heavy atom. The van der Waals surface area contributed by atoms with Gasteiger partial charge in [0, 0.05) is 19.2 Å². The number of aliphatic hydroxyl groups is 1. The lowest BCUT2D eigenvalue weighted by atomic mass is 10.2. The van der Waals surface area contributed by atoms with E-state index in [-0.39, 0.29) is 63.6 Å². The molecule has 1 amide bonds. The van der Waals surface area contributed by atoms with Crippen LogP contribution in [0.1, 0.15) is 18.9 Å². The van der Waals surface area contributed by atoms with E-state index < -0.39 is 0 Å². The number of esters is 1. The summed E-state index contributed by atoms with van der Waals surface area (Å²) in [6.45, 7) is 2.83. The van der Waals surface area contributed by atoms with Crippen LogP contribution in [0.2, 0.25) is 0 Å². The maximum absolute atomic E-state index is 12.9. The summed E-state index contributed by atoms with van der Waals surface area (Å²) in [6, 6.07) is 5.75. The number of ether oxygens (including phenoxy) is 2. The largest absolute Gasteiger partial charge is 0.466 e. The van der Waals surface area contributed by atoms with Gasteiger partial charge in [-0.1, -0.05) is 12.1 Å². The second-order valence-corrected chi connectivity index (χ2v) is 5.10. The maximum atomic E-state index is 12.9. The maximum Gasteiger partial charge on any atom is 0.307 e. The number of carbonyl (C=O) groups is 2. The van der Waals surface area contributed by atoms with Gasteiger partial charge in [0.05, 0.1) is 32.8 Å². The standard InChI is InChI=1S/C18H24FNO5/c1-2-25-18(23)9-10-20(11-13-24-14-12-21)17(22)8-5-15-3-6-16(19)7-4-15/h3-8,21H,2,9-14H2,1H3/b8-5+. The third kappa shape index (κ3) is 8.97. The molecule has 0 fully saturated rings. The van der Waals surface area contributed by atoms with Crippen molar-refractivity contribution >= 4 is 18.0 Å². The summed E-state index contributed by atoms with van der Waals surface area (Å²) >= 11 is 0. The average Bonchev–Trinajstić information content (AvgIpc) is 2.60. The molecule has 0 radical (unpaired) electrons. The smallest absolute Gasteiger partial charge is 0.307 e. The molecule has 0 aliphatic heterocycles. The highest BCUT2D eigenvalue weighted by molar-refractivity contribution is 5.92. The van der Waals surface area contributed by atoms with E-state index in [4.69, 9.17) is 14.6 Å². The van der Waals surface area contributed by atoms with E-state index in [0.717, 1.165) is 0 Å². The van der Waals surface area contributed by atoms with Gasteiger partial charge in [-0.05, 0) is 30.7 Å². The zero-order chi connectivity index (χ0) is 18.5. The fourth-order valence-electron chi connectivity index (χ4n) is 1.98. The fraction of sp³-hybridized carbons (Fsp3) is 0.444. The number of rotatable bonds is 11. The van der Waals surface area contributed by atoms with E-state index in [9.17, 15) is 14.0 Å². The van der Waals surface area contributed by atoms with E-state index in [1.54, 1.807) is 25.1 Å². The van der Waals surface area contributed by atoms with Crippen molar-refractivity contribution < 1.29 is 28.6 Å². The molecule has 0 aliphatic carbocycles. The quantitative estimate of drug-likeness (QED) is 0.372. The van der Waals surface area contributed by atoms with Gasteiger partial charge in [0.2, 0.25) is 5.91 Å². The van der Waals surface area contributed by atoms with Crippen molar-refractivity contribution in [3.05, 3.63) is 41.7 Å². The molecule has 6 nitrogen and oxygen atoms in total. The number of aliphatic hydroxyl groups excluding tert-OH is 1. The van der Waals surface area contributed by atoms with Crippen molar-refractivity contribution in [3.63, 3.8) is 0 Å². The minimum atomic E-state index is -0.376. The third-order valence-electron chi connectivity index (χ3n) is 3.23. The molecule has 0 unspecified atom stereocenters. The average molecular weight is 353 g/mol. The summed E-state index contributed by atoms with van der Waals surface area (Å²) in [5.41, 5.74) is 0.691. The van der Waals surface area contributed by atoms with Crippen molar-refractivity contribution in [2.75, 3.05) is 39.5 Å². The molecule has 0 saturated heterocycles. The first-order chi connectivity index (χ1) is 12.1. The van der Waals surface area contributed by atoms with Crippen LogP contribution in [0, 0.1) is 5.82 Å². The monoisotopic (exact) mass is 353 g/mol. The first-order valence-electron chi connectivity index (χ1n) is 8.13. The van der Waals surface area contributed by atoms with Gasteiger partial charge in [0.15, 0.2) is 0 Å². The molecule has 0 spiro atoms. The van der Waals surface area contributed by atoms with Crippen molar-refractivity contribution in [2.24, 2.45) is 0 Å². The van der Waals surface area contributed by atoms with Crippen molar-refractivity contribution in [3.8, 4) is 0 Å². The Balaban J connectivity index is 2.62. The molecule has 1 N–H and O–H groups in total. The Kier molecular flexibility index (Phi) is 10.1. The molecular weight excluding hydrogens is 329 g/mol. The van der Waals surface area contributed by atoms with Gasteiger partial charge >= 0.3 is 5.97 Å². The Hall–Kier alpha value is -2.25. The van der Waals surface area contributed by atoms with Crippen molar-refractivity contribution in [1.82, 2.24) is 4.90 Å². The normalized spacial score (nSPS) is 10.8. The summed E-state index contributed by atoms with van der Waals surface area (Å²) in [6.07, 6.45) is 3.03. The first-order valence-corrected chi connectivity index (χ1v) is 8.13. The molecule has 1 aromatic carbocycles. The Morgan fingerprint density at radius 2 is 1.92 bits per heavy atom. The molecule has 0 aliphatic rings. The summed E-state index contributed by atoms with van der Waals surface area (Å²) in [5, 5.41) is 8.70. The van der Waals surface area contributed by atoms with Crippen LogP contribution in [-0.2, 0) is 19.1 Å². The van der Waals surface area contributed by atoms with Gasteiger partial charge in [-0.3, -0.25) is 9.59 Å². The van der Waals surface area contributed by atoms with E-state index >= 15 is 0 Å². The molecule has 1 aromatic rings. The molecule has 25 heavy (non-hydrogen) atoms. The first kappa shape index (κ1) is 20.8. The summed E-state index contributed by atoms with van der Waals surface area (Å²) in [7, 11) is 0. The van der Waals surface area contributed by atoms with E-state index in [0.29, 0.717) is 5.56 Å². The molecule has 0 aromatic heterocycles. The Morgan fingerprint density at radius 3 is 2.56 bits per heavy atom. The van der Waals surface area contributed by atoms with Crippen LogP contribution in [0.5, 0.6) is 0 Å². The lowest BCUT2D eigenvalue weighted by Crippen LogP contribution is -2.35. The molecular formula is C18H24FNO5. The summed E-state index contributed by atoms with van der Waals surface area (Å²) < 4.78 is 22.9. The van der Waals surface area contributed by atoms with Gasteiger partial charge in [0.1, 0.15) is 5.82 Å². The summed E-state index contributed by atoms with van der Waals surface area (Å²) in [5.74, 6) is -1.01. The van der Waals surface area contributed by atoms with Gasteiger partial charge in [-0.25, -0.2) is 4.39 Å². The van der Waals surface area contributed by atoms with Crippen LogP contribution >= 0.6 is 0 Å². The Bertz CT molecular complexity index is 559. The highest BCUT2D eigenvalue weighted by Gasteiger charge is 2.13. The minimum Gasteiger partial charge on any atom is -0.466 e. The lowest BCUT2D eigenvalue weighted by Gasteiger charge is -2.20. The number of benzene rings is 1. The van der Waals surface area contributed by atoms with Crippen molar-refractivity contribution in [1.29, 1.82) is 0 Å². The van der Waals surface area contributed by atoms with Gasteiger partial charge < -0.3 is 19.5 Å². The zero-order valence-electron chi connectivity index (χ0n) is 14.3. The van der Waals surface area contributed by atoms with Gasteiger partial charge in [0.25, 0.3) is 0 Å². The topological polar surface area (TPSA) is 76.1 Å². The molecule has 0 saturated carbocycles. The van der Waals surface area contributed by atoms with Crippen LogP contribution < -0.4 is 0 Å². The molecule has 0 heterocycles. The number of carbonyl (C=O) groups excluding carboxylic acids is 2.